The van der Waals surface area contributed by atoms with E-state index >= 15 is 0 Å². The number of nitrogens with one attached hydrogen (secondary N) is 2. The number of hydrazine groups is 1. The predicted molar refractivity (Wildman–Crippen MR) is 110 cm³/mol. The fourth-order valence-corrected chi connectivity index (χ4v) is 4.63. The van der Waals surface area contributed by atoms with Crippen molar-refractivity contribution in [1.82, 2.24) is 15.2 Å². The van der Waals surface area contributed by atoms with Crippen LogP contribution in [0.25, 0.3) is 0 Å². The zero-order chi connectivity index (χ0) is 21.6. The highest BCUT2D eigenvalue weighted by atomic mass is 32.2. The van der Waals surface area contributed by atoms with Crippen LogP contribution in [0.3, 0.4) is 0 Å². The highest BCUT2D eigenvalue weighted by molar-refractivity contribution is 7.89. The first-order valence-corrected chi connectivity index (χ1v) is 11.1. The molecule has 8 nitrogen and oxygen atoms in total. The van der Waals surface area contributed by atoms with Crippen LogP contribution in [-0.2, 0) is 14.8 Å². The molecule has 1 saturated heterocycles. The number of hydrogen-bond acceptors (Lipinski definition) is 5. The van der Waals surface area contributed by atoms with Crippen molar-refractivity contribution in [3.05, 3.63) is 65.7 Å². The monoisotopic (exact) mass is 429 g/mol. The molecule has 0 saturated carbocycles. The standard InChI is InChI=1S/C21H23N3O5S/c25-19(16-6-2-1-3-7-16)12-13-20(26)22-23-21(27)17-8-10-18(11-9-17)30(28,29)24-14-4-5-15-24/h1-3,6-11H,4-5,12-15H2,(H,22,26)(H,23,27). The number of amides is 2. The Balaban J connectivity index is 1.48. The molecule has 1 aliphatic rings. The Labute approximate surface area is 175 Å². The molecule has 2 amide bonds. The van der Waals surface area contributed by atoms with Crippen molar-refractivity contribution in [2.45, 2.75) is 30.6 Å². The third kappa shape index (κ3) is 5.31. The van der Waals surface area contributed by atoms with Gasteiger partial charge in [-0.3, -0.25) is 25.2 Å². The lowest BCUT2D eigenvalue weighted by Crippen LogP contribution is -2.41. The van der Waals surface area contributed by atoms with E-state index in [1.54, 1.807) is 30.3 Å². The van der Waals surface area contributed by atoms with Crippen LogP contribution in [0.4, 0.5) is 0 Å². The van der Waals surface area contributed by atoms with Crippen molar-refractivity contribution in [2.24, 2.45) is 0 Å². The number of sulfonamides is 1. The van der Waals surface area contributed by atoms with Gasteiger partial charge in [0.2, 0.25) is 15.9 Å². The van der Waals surface area contributed by atoms with Crippen molar-refractivity contribution in [2.75, 3.05) is 13.1 Å². The van der Waals surface area contributed by atoms with Gasteiger partial charge < -0.3 is 0 Å². The maximum Gasteiger partial charge on any atom is 0.269 e. The number of Topliss-reactive ketones (excluding diaryl/α,β-unsaturated/α-hetero) is 1. The van der Waals surface area contributed by atoms with E-state index in [9.17, 15) is 22.8 Å². The third-order valence-corrected chi connectivity index (χ3v) is 6.72. The molecule has 9 heteroatoms. The summed E-state index contributed by atoms with van der Waals surface area (Å²) < 4.78 is 26.4. The second-order valence-corrected chi connectivity index (χ2v) is 8.87. The van der Waals surface area contributed by atoms with E-state index in [4.69, 9.17) is 0 Å². The summed E-state index contributed by atoms with van der Waals surface area (Å²) in [5.74, 6) is -1.24. The van der Waals surface area contributed by atoms with E-state index in [2.05, 4.69) is 10.9 Å². The van der Waals surface area contributed by atoms with E-state index in [0.29, 0.717) is 18.7 Å². The van der Waals surface area contributed by atoms with Gasteiger partial charge in [-0.1, -0.05) is 30.3 Å². The second kappa shape index (κ2) is 9.64. The van der Waals surface area contributed by atoms with Crippen molar-refractivity contribution < 1.29 is 22.8 Å². The minimum atomic E-state index is -3.55. The molecule has 0 atom stereocenters. The summed E-state index contributed by atoms with van der Waals surface area (Å²) in [6, 6.07) is 14.2. The van der Waals surface area contributed by atoms with Gasteiger partial charge in [0, 0.05) is 37.1 Å². The molecule has 30 heavy (non-hydrogen) atoms. The molecule has 1 heterocycles. The summed E-state index contributed by atoms with van der Waals surface area (Å²) in [7, 11) is -3.55. The molecule has 3 rings (SSSR count). The number of carbonyl (C=O) groups excluding carboxylic acids is 3. The largest absolute Gasteiger partial charge is 0.294 e. The molecular weight excluding hydrogens is 406 g/mol. The topological polar surface area (TPSA) is 113 Å². The molecule has 2 aromatic carbocycles. The van der Waals surface area contributed by atoms with Crippen molar-refractivity contribution in [1.29, 1.82) is 0 Å². The Bertz CT molecular complexity index is 1010. The van der Waals surface area contributed by atoms with Crippen LogP contribution in [0.1, 0.15) is 46.4 Å². The number of rotatable bonds is 7. The van der Waals surface area contributed by atoms with Crippen LogP contribution in [0.2, 0.25) is 0 Å². The normalized spacial score (nSPS) is 14.3. The molecule has 0 aromatic heterocycles. The molecule has 1 fully saturated rings. The molecule has 0 bridgehead atoms. The van der Waals surface area contributed by atoms with Crippen LogP contribution >= 0.6 is 0 Å². The van der Waals surface area contributed by atoms with E-state index in [1.165, 1.54) is 28.6 Å². The summed E-state index contributed by atoms with van der Waals surface area (Å²) in [6.45, 7) is 1.01. The van der Waals surface area contributed by atoms with Crippen molar-refractivity contribution in [3.8, 4) is 0 Å². The highest BCUT2D eigenvalue weighted by Gasteiger charge is 2.27. The van der Waals surface area contributed by atoms with Crippen LogP contribution in [0.15, 0.2) is 59.5 Å². The Morgan fingerprint density at radius 1 is 0.800 bits per heavy atom. The maximum absolute atomic E-state index is 12.5. The molecule has 1 aliphatic heterocycles. The van der Waals surface area contributed by atoms with Crippen LogP contribution in [0, 0.1) is 0 Å². The molecule has 0 unspecified atom stereocenters. The SMILES string of the molecule is O=C(CCC(=O)c1ccccc1)NNC(=O)c1ccc(S(=O)(=O)N2CCCC2)cc1. The average molecular weight is 429 g/mol. The highest BCUT2D eigenvalue weighted by Crippen LogP contribution is 2.21. The van der Waals surface area contributed by atoms with E-state index in [0.717, 1.165) is 12.8 Å². The van der Waals surface area contributed by atoms with E-state index in [-0.39, 0.29) is 29.1 Å². The first kappa shape index (κ1) is 21.7. The lowest BCUT2D eigenvalue weighted by molar-refractivity contribution is -0.121. The van der Waals surface area contributed by atoms with Gasteiger partial charge in [0.25, 0.3) is 5.91 Å². The molecule has 2 aromatic rings. The molecule has 0 aliphatic carbocycles. The lowest BCUT2D eigenvalue weighted by atomic mass is 10.1. The van der Waals surface area contributed by atoms with Crippen molar-refractivity contribution >= 4 is 27.6 Å². The van der Waals surface area contributed by atoms with Crippen molar-refractivity contribution in [3.63, 3.8) is 0 Å². The number of nitrogens with zero attached hydrogens (tertiary/aromatic N) is 1. The first-order valence-electron chi connectivity index (χ1n) is 9.65. The summed E-state index contributed by atoms with van der Waals surface area (Å²) in [5.41, 5.74) is 5.26. The van der Waals surface area contributed by atoms with Gasteiger partial charge in [-0.2, -0.15) is 4.31 Å². The van der Waals surface area contributed by atoms with Gasteiger partial charge >= 0.3 is 0 Å². The Morgan fingerprint density at radius 3 is 2.07 bits per heavy atom. The molecule has 158 valence electrons. The average Bonchev–Trinajstić information content (AvgIpc) is 3.32. The summed E-state index contributed by atoms with van der Waals surface area (Å²) in [5, 5.41) is 0. The first-order chi connectivity index (χ1) is 14.4. The predicted octanol–water partition coefficient (Wildman–Crippen LogP) is 1.90. The zero-order valence-electron chi connectivity index (χ0n) is 16.3. The quantitative estimate of drug-likeness (QED) is 0.516. The Morgan fingerprint density at radius 2 is 1.43 bits per heavy atom. The van der Waals surface area contributed by atoms with E-state index < -0.39 is 21.8 Å². The van der Waals surface area contributed by atoms with Crippen LogP contribution in [0.5, 0.6) is 0 Å². The van der Waals surface area contributed by atoms with Gasteiger partial charge in [0.1, 0.15) is 0 Å². The van der Waals surface area contributed by atoms with Gasteiger partial charge in [-0.05, 0) is 37.1 Å². The molecular formula is C21H23N3O5S. The number of ketones is 1. The fraction of sp³-hybridized carbons (Fsp3) is 0.286. The fourth-order valence-electron chi connectivity index (χ4n) is 3.11. The Kier molecular flexibility index (Phi) is 6.96. The Hall–Kier alpha value is -3.04. The van der Waals surface area contributed by atoms with Crippen LogP contribution < -0.4 is 10.9 Å². The minimum Gasteiger partial charge on any atom is -0.294 e. The minimum absolute atomic E-state index is 0.0226. The molecule has 2 N–H and O–H groups in total. The maximum atomic E-state index is 12.5. The second-order valence-electron chi connectivity index (χ2n) is 6.93. The lowest BCUT2D eigenvalue weighted by Gasteiger charge is -2.15. The van der Waals surface area contributed by atoms with Gasteiger partial charge in [-0.25, -0.2) is 8.42 Å². The number of carbonyl (C=O) groups is 3. The smallest absolute Gasteiger partial charge is 0.269 e. The molecule has 0 spiro atoms. The number of hydrogen-bond donors (Lipinski definition) is 2. The summed E-state index contributed by atoms with van der Waals surface area (Å²) in [6.07, 6.45) is 1.64. The zero-order valence-corrected chi connectivity index (χ0v) is 17.2. The van der Waals surface area contributed by atoms with Crippen LogP contribution in [-0.4, -0.2) is 43.4 Å². The summed E-state index contributed by atoms with van der Waals surface area (Å²) >= 11 is 0. The van der Waals surface area contributed by atoms with Gasteiger partial charge in [-0.15, -0.1) is 0 Å². The molecule has 0 radical (unpaired) electrons. The van der Waals surface area contributed by atoms with Gasteiger partial charge in [0.05, 0.1) is 4.90 Å². The third-order valence-electron chi connectivity index (χ3n) is 4.81. The van der Waals surface area contributed by atoms with E-state index in [1.807, 2.05) is 0 Å². The summed E-state index contributed by atoms with van der Waals surface area (Å²) in [4.78, 5) is 36.2. The van der Waals surface area contributed by atoms with Gasteiger partial charge in [0.15, 0.2) is 5.78 Å². The number of benzene rings is 2.